The molecule has 0 aliphatic heterocycles. The van der Waals surface area contributed by atoms with Crippen LogP contribution in [0, 0.1) is 29.6 Å². The summed E-state index contributed by atoms with van der Waals surface area (Å²) in [5.74, 6) is 2.18. The van der Waals surface area contributed by atoms with Gasteiger partial charge in [0.2, 0.25) is 0 Å². The van der Waals surface area contributed by atoms with Gasteiger partial charge in [-0.2, -0.15) is 0 Å². The van der Waals surface area contributed by atoms with Crippen LogP contribution in [0.15, 0.2) is 60.7 Å². The fourth-order valence-corrected chi connectivity index (χ4v) is 7.79. The second-order valence-electron chi connectivity index (χ2n) is 14.5. The summed E-state index contributed by atoms with van der Waals surface area (Å²) >= 11 is 2.45. The Bertz CT molecular complexity index is 1030. The van der Waals surface area contributed by atoms with Crippen molar-refractivity contribution >= 4 is 30.9 Å². The SMILES string of the molecule is C=C/C=C\[C@H](C)[C@H](OCc1ccc(OC)cc1)[C@@H](C)[C@H](O[Si](C)(C)C(C)(C)C)[C@@H](C)C/C(C)=C\[C@H](C)[C@@H](OCOC)[C@@H](C)CI. The average Bonchev–Trinajstić information content (AvgIpc) is 2.98. The molecule has 0 radical (unpaired) electrons. The predicted molar refractivity (Wildman–Crippen MR) is 203 cm³/mol. The van der Waals surface area contributed by atoms with E-state index in [-0.39, 0.29) is 41.1 Å². The van der Waals surface area contributed by atoms with Crippen LogP contribution < -0.4 is 4.74 Å². The van der Waals surface area contributed by atoms with Crippen molar-refractivity contribution in [2.45, 2.75) is 112 Å². The summed E-state index contributed by atoms with van der Waals surface area (Å²) in [4.78, 5) is 0. The fraction of sp³-hybridized carbons (Fsp3) is 0.684. The van der Waals surface area contributed by atoms with E-state index in [1.165, 1.54) is 5.57 Å². The molecule has 0 spiro atoms. The van der Waals surface area contributed by atoms with Crippen molar-refractivity contribution in [2.75, 3.05) is 25.4 Å². The van der Waals surface area contributed by atoms with Gasteiger partial charge < -0.3 is 23.4 Å². The number of methoxy groups -OCH3 is 2. The van der Waals surface area contributed by atoms with Crippen LogP contribution in [0.2, 0.25) is 18.1 Å². The molecule has 258 valence electrons. The van der Waals surface area contributed by atoms with Crippen LogP contribution in [0.4, 0.5) is 0 Å². The first-order valence-electron chi connectivity index (χ1n) is 16.6. The minimum Gasteiger partial charge on any atom is -0.497 e. The maximum atomic E-state index is 7.33. The number of hydrogen-bond acceptors (Lipinski definition) is 5. The summed E-state index contributed by atoms with van der Waals surface area (Å²) in [6, 6.07) is 8.14. The molecule has 0 bridgehead atoms. The van der Waals surface area contributed by atoms with E-state index in [1.54, 1.807) is 14.2 Å². The van der Waals surface area contributed by atoms with Crippen LogP contribution in [0.5, 0.6) is 5.75 Å². The molecule has 1 aromatic rings. The van der Waals surface area contributed by atoms with Gasteiger partial charge in [-0.05, 0) is 61.0 Å². The van der Waals surface area contributed by atoms with E-state index in [4.69, 9.17) is 23.4 Å². The van der Waals surface area contributed by atoms with Gasteiger partial charge in [-0.3, -0.25) is 0 Å². The molecule has 0 heterocycles. The van der Waals surface area contributed by atoms with Crippen molar-refractivity contribution in [3.63, 3.8) is 0 Å². The van der Waals surface area contributed by atoms with Gasteiger partial charge in [0.25, 0.3) is 0 Å². The molecule has 0 saturated carbocycles. The third-order valence-corrected chi connectivity index (χ3v) is 15.3. The molecule has 5 nitrogen and oxygen atoms in total. The quantitative estimate of drug-likeness (QED) is 0.0312. The van der Waals surface area contributed by atoms with Crippen LogP contribution in [0.3, 0.4) is 0 Å². The fourth-order valence-electron chi connectivity index (χ4n) is 5.81. The number of rotatable bonds is 21. The maximum Gasteiger partial charge on any atom is 0.192 e. The Morgan fingerprint density at radius 1 is 0.911 bits per heavy atom. The van der Waals surface area contributed by atoms with Gasteiger partial charge in [0.05, 0.1) is 32.0 Å². The molecule has 0 aromatic heterocycles. The van der Waals surface area contributed by atoms with Crippen molar-refractivity contribution in [1.29, 1.82) is 0 Å². The Kier molecular flexibility index (Phi) is 19.1. The highest BCUT2D eigenvalue weighted by molar-refractivity contribution is 14.1. The highest BCUT2D eigenvalue weighted by Gasteiger charge is 2.43. The van der Waals surface area contributed by atoms with Gasteiger partial charge in [0.15, 0.2) is 8.32 Å². The first kappa shape index (κ1) is 42.0. The third kappa shape index (κ3) is 14.0. The first-order chi connectivity index (χ1) is 21.0. The van der Waals surface area contributed by atoms with Gasteiger partial charge >= 0.3 is 0 Å². The topological polar surface area (TPSA) is 46.2 Å². The van der Waals surface area contributed by atoms with Crippen molar-refractivity contribution < 1.29 is 23.4 Å². The predicted octanol–water partition coefficient (Wildman–Crippen LogP) is 10.7. The van der Waals surface area contributed by atoms with Gasteiger partial charge in [0, 0.05) is 29.3 Å². The first-order valence-corrected chi connectivity index (χ1v) is 21.0. The molecule has 0 fully saturated rings. The highest BCUT2D eigenvalue weighted by atomic mass is 127. The van der Waals surface area contributed by atoms with E-state index in [0.717, 1.165) is 22.2 Å². The second kappa shape index (κ2) is 20.4. The Labute approximate surface area is 291 Å². The Morgan fingerprint density at radius 3 is 2.04 bits per heavy atom. The molecule has 0 unspecified atom stereocenters. The highest BCUT2D eigenvalue weighted by Crippen LogP contribution is 2.41. The zero-order valence-corrected chi connectivity index (χ0v) is 33.8. The smallest absolute Gasteiger partial charge is 0.192 e. The standard InChI is InChI=1S/C38H65IO5Si/c1-15-16-17-28(3)36(42-25-33-18-20-34(41-12)21-19-33)32(7)37(44-45(13,14)38(8,9)10)30(5)23-27(2)22-29(4)35(31(6)24-39)43-26-40-11/h15-22,28-32,35-37H,1,23-26H2,2-14H3/b17-16-,27-22-/t28-,29-,30-,31-,32+,35+,36-,37+/m0/s1. The maximum absolute atomic E-state index is 7.33. The molecule has 0 aliphatic rings. The molecule has 0 saturated heterocycles. The summed E-state index contributed by atoms with van der Waals surface area (Å²) in [5, 5.41) is 0.0966. The summed E-state index contributed by atoms with van der Waals surface area (Å²) in [6.07, 6.45) is 9.52. The summed E-state index contributed by atoms with van der Waals surface area (Å²) in [6.45, 7) is 30.1. The van der Waals surface area contributed by atoms with Crippen molar-refractivity contribution in [3.05, 3.63) is 66.3 Å². The van der Waals surface area contributed by atoms with Crippen molar-refractivity contribution in [3.8, 4) is 5.75 Å². The van der Waals surface area contributed by atoms with Crippen LogP contribution in [0.25, 0.3) is 0 Å². The monoisotopic (exact) mass is 756 g/mol. The summed E-state index contributed by atoms with van der Waals surface area (Å²) < 4.78 is 31.9. The third-order valence-electron chi connectivity index (χ3n) is 9.40. The molecule has 8 atom stereocenters. The summed E-state index contributed by atoms with van der Waals surface area (Å²) in [5.41, 5.74) is 2.49. The molecule has 0 aliphatic carbocycles. The minimum absolute atomic E-state index is 0.0267. The molecule has 1 rings (SSSR count). The lowest BCUT2D eigenvalue weighted by Crippen LogP contribution is -2.50. The zero-order chi connectivity index (χ0) is 34.4. The Morgan fingerprint density at radius 2 is 1.53 bits per heavy atom. The lowest BCUT2D eigenvalue weighted by atomic mass is 9.81. The number of halogens is 1. The molecule has 0 N–H and O–H groups in total. The van der Waals surface area contributed by atoms with Gasteiger partial charge in [-0.25, -0.2) is 0 Å². The van der Waals surface area contributed by atoms with Crippen LogP contribution >= 0.6 is 22.6 Å². The molecular weight excluding hydrogens is 691 g/mol. The van der Waals surface area contributed by atoms with Crippen LogP contribution in [0.1, 0.15) is 74.3 Å². The second-order valence-corrected chi connectivity index (χ2v) is 20.2. The number of ether oxygens (including phenoxy) is 4. The van der Waals surface area contributed by atoms with Gasteiger partial charge in [-0.1, -0.05) is 127 Å². The molecule has 0 amide bonds. The van der Waals surface area contributed by atoms with Gasteiger partial charge in [0.1, 0.15) is 12.5 Å². The number of allylic oxidation sites excluding steroid dienone is 3. The van der Waals surface area contributed by atoms with E-state index in [0.29, 0.717) is 25.2 Å². The van der Waals surface area contributed by atoms with E-state index < -0.39 is 8.32 Å². The van der Waals surface area contributed by atoms with E-state index in [9.17, 15) is 0 Å². The van der Waals surface area contributed by atoms with Gasteiger partial charge in [-0.15, -0.1) is 0 Å². The number of hydrogen-bond donors (Lipinski definition) is 0. The lowest BCUT2D eigenvalue weighted by molar-refractivity contribution is -0.0976. The normalized spacial score (nSPS) is 18.6. The Hall–Kier alpha value is -0.973. The molecule has 7 heteroatoms. The van der Waals surface area contributed by atoms with Crippen molar-refractivity contribution in [2.24, 2.45) is 29.6 Å². The zero-order valence-electron chi connectivity index (χ0n) is 30.7. The van der Waals surface area contributed by atoms with E-state index in [2.05, 4.69) is 129 Å². The van der Waals surface area contributed by atoms with Crippen molar-refractivity contribution in [1.82, 2.24) is 0 Å². The van der Waals surface area contributed by atoms with Crippen LogP contribution in [-0.2, 0) is 25.2 Å². The Balaban J connectivity index is 3.42. The van der Waals surface area contributed by atoms with E-state index in [1.807, 2.05) is 24.3 Å². The molecule has 1 aromatic carbocycles. The molecule has 45 heavy (non-hydrogen) atoms. The average molecular weight is 757 g/mol. The number of alkyl halides is 1. The lowest BCUT2D eigenvalue weighted by Gasteiger charge is -2.45. The largest absolute Gasteiger partial charge is 0.497 e. The van der Waals surface area contributed by atoms with Crippen LogP contribution in [-0.4, -0.2) is 52.1 Å². The van der Waals surface area contributed by atoms with E-state index >= 15 is 0 Å². The molecular formula is C38H65IO5Si. The summed E-state index contributed by atoms with van der Waals surface area (Å²) in [7, 11) is 1.29. The minimum atomic E-state index is -2.09. The number of benzene rings is 1.